The Morgan fingerprint density at radius 2 is 1.86 bits per heavy atom. The lowest BCUT2D eigenvalue weighted by Crippen LogP contribution is -2.36. The van der Waals surface area contributed by atoms with Crippen molar-refractivity contribution in [2.24, 2.45) is 11.3 Å². The smallest absolute Gasteiger partial charge is 0.303 e. The van der Waals surface area contributed by atoms with Crippen LogP contribution in [0.2, 0.25) is 0 Å². The number of aliphatic carboxylic acids is 1. The van der Waals surface area contributed by atoms with Gasteiger partial charge in [0.05, 0.1) is 13.0 Å². The fraction of sp³-hybridized carbons (Fsp3) is 0.875. The standard InChI is InChI=1S/C16H27NO4/c18-14(17-8-9-21-12-13-4-5-13)10-16(11-15(19)20)6-2-1-3-7-16/h13H,1-12H2,(H,17,18)(H,19,20). The molecule has 2 saturated carbocycles. The van der Waals surface area contributed by atoms with Gasteiger partial charge >= 0.3 is 5.97 Å². The lowest BCUT2D eigenvalue weighted by atomic mass is 9.69. The molecule has 2 N–H and O–H groups in total. The van der Waals surface area contributed by atoms with Gasteiger partial charge in [-0.1, -0.05) is 19.3 Å². The van der Waals surface area contributed by atoms with Crippen molar-refractivity contribution < 1.29 is 19.4 Å². The number of ether oxygens (including phenoxy) is 1. The number of amides is 1. The Morgan fingerprint density at radius 1 is 1.14 bits per heavy atom. The summed E-state index contributed by atoms with van der Waals surface area (Å²) < 4.78 is 5.48. The topological polar surface area (TPSA) is 75.6 Å². The van der Waals surface area contributed by atoms with E-state index < -0.39 is 5.97 Å². The maximum absolute atomic E-state index is 12.0. The molecule has 0 unspecified atom stereocenters. The zero-order chi connectivity index (χ0) is 15.1. The van der Waals surface area contributed by atoms with Crippen LogP contribution in [0.25, 0.3) is 0 Å². The van der Waals surface area contributed by atoms with E-state index in [0.717, 1.165) is 44.6 Å². The minimum absolute atomic E-state index is 0.0341. The molecule has 0 aromatic rings. The molecule has 2 aliphatic carbocycles. The number of rotatable bonds is 9. The Balaban J connectivity index is 1.68. The minimum Gasteiger partial charge on any atom is -0.481 e. The van der Waals surface area contributed by atoms with Gasteiger partial charge in [-0.05, 0) is 37.0 Å². The Labute approximate surface area is 126 Å². The number of carboxylic acids is 1. The van der Waals surface area contributed by atoms with Gasteiger partial charge in [-0.3, -0.25) is 9.59 Å². The molecule has 21 heavy (non-hydrogen) atoms. The highest BCUT2D eigenvalue weighted by molar-refractivity contribution is 5.78. The maximum Gasteiger partial charge on any atom is 0.303 e. The van der Waals surface area contributed by atoms with Gasteiger partial charge in [0.25, 0.3) is 0 Å². The first-order valence-electron chi connectivity index (χ1n) is 8.16. The van der Waals surface area contributed by atoms with Gasteiger partial charge in [0.2, 0.25) is 5.91 Å². The molecule has 5 nitrogen and oxygen atoms in total. The van der Waals surface area contributed by atoms with Crippen LogP contribution in [0.3, 0.4) is 0 Å². The van der Waals surface area contributed by atoms with Gasteiger partial charge in [-0.2, -0.15) is 0 Å². The lowest BCUT2D eigenvalue weighted by molar-refractivity contribution is -0.141. The van der Waals surface area contributed by atoms with Crippen LogP contribution in [0, 0.1) is 11.3 Å². The summed E-state index contributed by atoms with van der Waals surface area (Å²) in [6, 6.07) is 0. The van der Waals surface area contributed by atoms with Crippen LogP contribution in [-0.4, -0.2) is 36.7 Å². The fourth-order valence-corrected chi connectivity index (χ4v) is 3.24. The van der Waals surface area contributed by atoms with E-state index in [1.165, 1.54) is 12.8 Å². The second-order valence-electron chi connectivity index (χ2n) is 6.68. The van der Waals surface area contributed by atoms with Gasteiger partial charge in [0.1, 0.15) is 0 Å². The van der Waals surface area contributed by atoms with Crippen LogP contribution in [0.15, 0.2) is 0 Å². The van der Waals surface area contributed by atoms with Gasteiger partial charge < -0.3 is 15.2 Å². The molecule has 0 bridgehead atoms. The van der Waals surface area contributed by atoms with Crippen molar-refractivity contribution in [1.82, 2.24) is 5.32 Å². The third kappa shape index (κ3) is 6.04. The van der Waals surface area contributed by atoms with Gasteiger partial charge in [-0.15, -0.1) is 0 Å². The molecule has 2 fully saturated rings. The minimum atomic E-state index is -0.794. The maximum atomic E-state index is 12.0. The van der Waals surface area contributed by atoms with Gasteiger partial charge in [0, 0.05) is 19.6 Å². The predicted octanol–water partition coefficient (Wildman–Crippen LogP) is 2.34. The summed E-state index contributed by atoms with van der Waals surface area (Å²) in [7, 11) is 0. The average molecular weight is 297 g/mol. The molecule has 0 heterocycles. The average Bonchev–Trinajstić information content (AvgIpc) is 3.22. The molecule has 0 aliphatic heterocycles. The largest absolute Gasteiger partial charge is 0.481 e. The molecule has 1 amide bonds. The fourth-order valence-electron chi connectivity index (χ4n) is 3.24. The second-order valence-corrected chi connectivity index (χ2v) is 6.68. The molecular formula is C16H27NO4. The Morgan fingerprint density at radius 3 is 2.48 bits per heavy atom. The second kappa shape index (κ2) is 7.78. The van der Waals surface area contributed by atoms with Crippen molar-refractivity contribution in [2.75, 3.05) is 19.8 Å². The first-order chi connectivity index (χ1) is 10.1. The Hall–Kier alpha value is -1.10. The molecule has 2 rings (SSSR count). The van der Waals surface area contributed by atoms with E-state index in [2.05, 4.69) is 5.32 Å². The van der Waals surface area contributed by atoms with E-state index in [-0.39, 0.29) is 17.7 Å². The summed E-state index contributed by atoms with van der Waals surface area (Å²) in [5.41, 5.74) is -0.330. The van der Waals surface area contributed by atoms with Crippen molar-refractivity contribution in [3.8, 4) is 0 Å². The van der Waals surface area contributed by atoms with Gasteiger partial charge in [-0.25, -0.2) is 0 Å². The highest BCUT2D eigenvalue weighted by Crippen LogP contribution is 2.42. The molecule has 0 aromatic heterocycles. The van der Waals surface area contributed by atoms with E-state index in [1.807, 2.05) is 0 Å². The molecule has 0 spiro atoms. The number of hydrogen-bond acceptors (Lipinski definition) is 3. The van der Waals surface area contributed by atoms with Crippen LogP contribution >= 0.6 is 0 Å². The van der Waals surface area contributed by atoms with Crippen molar-refractivity contribution in [1.29, 1.82) is 0 Å². The zero-order valence-electron chi connectivity index (χ0n) is 12.7. The van der Waals surface area contributed by atoms with E-state index in [0.29, 0.717) is 19.6 Å². The quantitative estimate of drug-likeness (QED) is 0.641. The summed E-state index contributed by atoms with van der Waals surface area (Å²) >= 11 is 0. The van der Waals surface area contributed by atoms with Crippen LogP contribution < -0.4 is 5.32 Å². The number of hydrogen-bond donors (Lipinski definition) is 2. The monoisotopic (exact) mass is 297 g/mol. The Kier molecular flexibility index (Phi) is 6.03. The molecule has 0 saturated heterocycles. The summed E-state index contributed by atoms with van der Waals surface area (Å²) in [4.78, 5) is 23.1. The number of carbonyl (C=O) groups excluding carboxylic acids is 1. The molecular weight excluding hydrogens is 270 g/mol. The first-order valence-corrected chi connectivity index (χ1v) is 8.16. The van der Waals surface area contributed by atoms with Crippen molar-refractivity contribution in [3.05, 3.63) is 0 Å². The van der Waals surface area contributed by atoms with Crippen molar-refractivity contribution in [2.45, 2.75) is 57.8 Å². The van der Waals surface area contributed by atoms with E-state index in [1.54, 1.807) is 0 Å². The van der Waals surface area contributed by atoms with Crippen LogP contribution in [0.5, 0.6) is 0 Å². The predicted molar refractivity (Wildman–Crippen MR) is 78.9 cm³/mol. The SMILES string of the molecule is O=C(O)CC1(CC(=O)NCCOCC2CC2)CCCCC1. The van der Waals surface area contributed by atoms with E-state index in [4.69, 9.17) is 9.84 Å². The number of nitrogens with one attached hydrogen (secondary N) is 1. The number of carboxylic acid groups (broad SMARTS) is 1. The number of carbonyl (C=O) groups is 2. The third-order valence-electron chi connectivity index (χ3n) is 4.60. The van der Waals surface area contributed by atoms with Crippen LogP contribution in [0.1, 0.15) is 57.8 Å². The van der Waals surface area contributed by atoms with E-state index in [9.17, 15) is 9.59 Å². The third-order valence-corrected chi connectivity index (χ3v) is 4.60. The normalized spacial score (nSPS) is 21.0. The molecule has 0 radical (unpaired) electrons. The summed E-state index contributed by atoms with van der Waals surface area (Å²) in [5.74, 6) is -0.0904. The highest BCUT2D eigenvalue weighted by Gasteiger charge is 2.36. The molecule has 0 aromatic carbocycles. The summed E-state index contributed by atoms with van der Waals surface area (Å²) in [6.07, 6.45) is 7.90. The molecule has 2 aliphatic rings. The zero-order valence-corrected chi connectivity index (χ0v) is 12.7. The molecule has 5 heteroatoms. The van der Waals surface area contributed by atoms with Gasteiger partial charge in [0.15, 0.2) is 0 Å². The first kappa shape index (κ1) is 16.3. The van der Waals surface area contributed by atoms with Crippen LogP contribution in [-0.2, 0) is 14.3 Å². The summed E-state index contributed by atoms with van der Waals surface area (Å²) in [6.45, 7) is 1.88. The Bertz CT molecular complexity index is 359. The van der Waals surface area contributed by atoms with Crippen molar-refractivity contribution >= 4 is 11.9 Å². The lowest BCUT2D eigenvalue weighted by Gasteiger charge is -2.35. The highest BCUT2D eigenvalue weighted by atomic mass is 16.5. The molecule has 120 valence electrons. The summed E-state index contributed by atoms with van der Waals surface area (Å²) in [5, 5.41) is 12.0. The molecule has 0 atom stereocenters. The van der Waals surface area contributed by atoms with Crippen molar-refractivity contribution in [3.63, 3.8) is 0 Å². The van der Waals surface area contributed by atoms with E-state index >= 15 is 0 Å². The van der Waals surface area contributed by atoms with Crippen LogP contribution in [0.4, 0.5) is 0 Å².